The number of aryl methyl sites for hydroxylation is 1. The summed E-state index contributed by atoms with van der Waals surface area (Å²) in [7, 11) is 2.98. The quantitative estimate of drug-likeness (QED) is 0.909. The van der Waals surface area contributed by atoms with Crippen molar-refractivity contribution in [2.24, 2.45) is 0 Å². The fourth-order valence-electron chi connectivity index (χ4n) is 1.71. The number of hydrogen-bond acceptors (Lipinski definition) is 5. The predicted molar refractivity (Wildman–Crippen MR) is 70.4 cm³/mol. The summed E-state index contributed by atoms with van der Waals surface area (Å²) in [5, 5.41) is 10.3. The zero-order valence-electron chi connectivity index (χ0n) is 11.1. The van der Waals surface area contributed by atoms with E-state index in [4.69, 9.17) is 9.47 Å². The molecule has 5 heteroatoms. The number of benzene rings is 1. The topological polar surface area (TPSA) is 64.5 Å². The van der Waals surface area contributed by atoms with Crippen molar-refractivity contribution in [2.45, 2.75) is 13.0 Å². The average molecular weight is 260 g/mol. The van der Waals surface area contributed by atoms with Gasteiger partial charge in [0.2, 0.25) is 11.8 Å². The molecule has 0 aliphatic heterocycles. The van der Waals surface area contributed by atoms with Gasteiger partial charge in [0.05, 0.1) is 20.4 Å². The lowest BCUT2D eigenvalue weighted by atomic mass is 10.1. The molecule has 1 aromatic carbocycles. The Morgan fingerprint density at radius 2 is 1.79 bits per heavy atom. The largest absolute Gasteiger partial charge is 0.480 e. The number of aromatic nitrogens is 2. The Labute approximate surface area is 111 Å². The molecular formula is C14H16N2O3. The van der Waals surface area contributed by atoms with E-state index in [0.717, 1.165) is 11.1 Å². The summed E-state index contributed by atoms with van der Waals surface area (Å²) in [6.45, 7) is 1.99. The van der Waals surface area contributed by atoms with Crippen LogP contribution >= 0.6 is 0 Å². The third-order valence-corrected chi connectivity index (χ3v) is 2.80. The van der Waals surface area contributed by atoms with Crippen LogP contribution in [0.5, 0.6) is 11.8 Å². The first-order valence-corrected chi connectivity index (χ1v) is 5.85. The highest BCUT2D eigenvalue weighted by Gasteiger charge is 2.19. The zero-order valence-corrected chi connectivity index (χ0v) is 11.1. The lowest BCUT2D eigenvalue weighted by Crippen LogP contribution is -2.07. The van der Waals surface area contributed by atoms with Crippen molar-refractivity contribution in [3.8, 4) is 11.8 Å². The highest BCUT2D eigenvalue weighted by atomic mass is 16.5. The third kappa shape index (κ3) is 2.82. The van der Waals surface area contributed by atoms with E-state index >= 15 is 0 Å². The maximum absolute atomic E-state index is 10.3. The summed E-state index contributed by atoms with van der Waals surface area (Å²) >= 11 is 0. The lowest BCUT2D eigenvalue weighted by Gasteiger charge is -2.14. The minimum absolute atomic E-state index is 0.257. The molecule has 2 aromatic rings. The standard InChI is InChI=1S/C14H16N2O3/c1-9-4-6-10(7-5-9)13(17)12-14(19-3)16-11(18-2)8-15-12/h4-8,13,17H,1-3H3. The van der Waals surface area contributed by atoms with Crippen LogP contribution in [0.15, 0.2) is 30.5 Å². The molecule has 1 unspecified atom stereocenters. The molecule has 0 saturated heterocycles. The number of nitrogens with zero attached hydrogens (tertiary/aromatic N) is 2. The molecule has 0 saturated carbocycles. The van der Waals surface area contributed by atoms with Crippen molar-refractivity contribution < 1.29 is 14.6 Å². The molecule has 0 amide bonds. The summed E-state index contributed by atoms with van der Waals surface area (Å²) in [5.41, 5.74) is 2.24. The molecule has 19 heavy (non-hydrogen) atoms. The zero-order chi connectivity index (χ0) is 13.8. The minimum Gasteiger partial charge on any atom is -0.480 e. The van der Waals surface area contributed by atoms with Crippen molar-refractivity contribution in [1.29, 1.82) is 0 Å². The van der Waals surface area contributed by atoms with Crippen LogP contribution in [-0.4, -0.2) is 29.3 Å². The number of rotatable bonds is 4. The Morgan fingerprint density at radius 3 is 2.37 bits per heavy atom. The summed E-state index contributed by atoms with van der Waals surface area (Å²) in [6, 6.07) is 7.57. The summed E-state index contributed by atoms with van der Waals surface area (Å²) < 4.78 is 10.1. The second-order valence-electron chi connectivity index (χ2n) is 4.12. The second-order valence-corrected chi connectivity index (χ2v) is 4.12. The van der Waals surface area contributed by atoms with Gasteiger partial charge in [0, 0.05) is 0 Å². The maximum atomic E-state index is 10.3. The highest BCUT2D eigenvalue weighted by Crippen LogP contribution is 2.28. The van der Waals surface area contributed by atoms with Gasteiger partial charge in [-0.1, -0.05) is 29.8 Å². The molecule has 5 nitrogen and oxygen atoms in total. The highest BCUT2D eigenvalue weighted by molar-refractivity contribution is 5.33. The van der Waals surface area contributed by atoms with E-state index < -0.39 is 6.10 Å². The van der Waals surface area contributed by atoms with Crippen molar-refractivity contribution in [3.05, 3.63) is 47.3 Å². The van der Waals surface area contributed by atoms with Crippen LogP contribution in [0, 0.1) is 6.92 Å². The number of aliphatic hydroxyl groups is 1. The van der Waals surface area contributed by atoms with E-state index in [0.29, 0.717) is 11.6 Å². The van der Waals surface area contributed by atoms with Crippen LogP contribution in [0.25, 0.3) is 0 Å². The van der Waals surface area contributed by atoms with Gasteiger partial charge in [-0.05, 0) is 12.5 Å². The van der Waals surface area contributed by atoms with Gasteiger partial charge in [-0.2, -0.15) is 4.98 Å². The summed E-state index contributed by atoms with van der Waals surface area (Å²) in [6.07, 6.45) is 0.573. The second kappa shape index (κ2) is 5.67. The van der Waals surface area contributed by atoms with Crippen molar-refractivity contribution in [3.63, 3.8) is 0 Å². The molecule has 0 spiro atoms. The van der Waals surface area contributed by atoms with E-state index in [2.05, 4.69) is 9.97 Å². The van der Waals surface area contributed by atoms with Crippen molar-refractivity contribution in [1.82, 2.24) is 9.97 Å². The number of hydrogen-bond donors (Lipinski definition) is 1. The third-order valence-electron chi connectivity index (χ3n) is 2.80. The molecule has 1 heterocycles. The number of methoxy groups -OCH3 is 2. The molecule has 0 aliphatic rings. The van der Waals surface area contributed by atoms with Gasteiger partial charge in [0.25, 0.3) is 0 Å². The van der Waals surface area contributed by atoms with E-state index in [1.807, 2.05) is 31.2 Å². The van der Waals surface area contributed by atoms with Gasteiger partial charge < -0.3 is 14.6 Å². The van der Waals surface area contributed by atoms with Gasteiger partial charge >= 0.3 is 0 Å². The smallest absolute Gasteiger partial charge is 0.241 e. The van der Waals surface area contributed by atoms with Crippen LogP contribution in [0.4, 0.5) is 0 Å². The Balaban J connectivity index is 2.37. The normalized spacial score (nSPS) is 12.0. The Kier molecular flexibility index (Phi) is 3.97. The van der Waals surface area contributed by atoms with Crippen LogP contribution in [0.3, 0.4) is 0 Å². The first-order chi connectivity index (χ1) is 9.15. The molecule has 0 aliphatic carbocycles. The first kappa shape index (κ1) is 13.3. The Bertz CT molecular complexity index is 555. The SMILES string of the molecule is COc1cnc(C(O)c2ccc(C)cc2)c(OC)n1. The van der Waals surface area contributed by atoms with E-state index in [1.165, 1.54) is 20.4 Å². The van der Waals surface area contributed by atoms with Gasteiger partial charge in [0.1, 0.15) is 11.8 Å². The number of ether oxygens (including phenoxy) is 2. The van der Waals surface area contributed by atoms with Crippen LogP contribution < -0.4 is 9.47 Å². The fourth-order valence-corrected chi connectivity index (χ4v) is 1.71. The molecule has 0 radical (unpaired) electrons. The van der Waals surface area contributed by atoms with Gasteiger partial charge in [-0.25, -0.2) is 4.98 Å². The molecule has 0 bridgehead atoms. The van der Waals surface area contributed by atoms with E-state index in [9.17, 15) is 5.11 Å². The summed E-state index contributed by atoms with van der Waals surface area (Å²) in [4.78, 5) is 8.26. The Hall–Kier alpha value is -2.14. The molecule has 0 fully saturated rings. The molecule has 1 atom stereocenters. The predicted octanol–water partition coefficient (Wildman–Crippen LogP) is 1.88. The molecular weight excluding hydrogens is 244 g/mol. The van der Waals surface area contributed by atoms with E-state index in [-0.39, 0.29) is 5.88 Å². The molecule has 1 N–H and O–H groups in total. The van der Waals surface area contributed by atoms with Crippen molar-refractivity contribution in [2.75, 3.05) is 14.2 Å². The van der Waals surface area contributed by atoms with Crippen LogP contribution in [0.2, 0.25) is 0 Å². The monoisotopic (exact) mass is 260 g/mol. The van der Waals surface area contributed by atoms with Gasteiger partial charge in [-0.3, -0.25) is 0 Å². The van der Waals surface area contributed by atoms with Gasteiger partial charge in [-0.15, -0.1) is 0 Å². The molecule has 1 aromatic heterocycles. The lowest BCUT2D eigenvalue weighted by molar-refractivity contribution is 0.206. The maximum Gasteiger partial charge on any atom is 0.241 e. The summed E-state index contributed by atoms with van der Waals surface area (Å²) in [5.74, 6) is 0.601. The average Bonchev–Trinajstić information content (AvgIpc) is 2.46. The van der Waals surface area contributed by atoms with Gasteiger partial charge in [0.15, 0.2) is 0 Å². The van der Waals surface area contributed by atoms with Crippen LogP contribution in [0.1, 0.15) is 22.9 Å². The number of aliphatic hydroxyl groups excluding tert-OH is 1. The van der Waals surface area contributed by atoms with Crippen LogP contribution in [-0.2, 0) is 0 Å². The minimum atomic E-state index is -0.881. The van der Waals surface area contributed by atoms with Crippen molar-refractivity contribution >= 4 is 0 Å². The fraction of sp³-hybridized carbons (Fsp3) is 0.286. The first-order valence-electron chi connectivity index (χ1n) is 5.85. The van der Waals surface area contributed by atoms with E-state index in [1.54, 1.807) is 0 Å². The molecule has 2 rings (SSSR count). The molecule has 100 valence electrons. The Morgan fingerprint density at radius 1 is 1.11 bits per heavy atom.